The molecule has 0 unspecified atom stereocenters. The minimum Gasteiger partial charge on any atom is -0.476 e. The fraction of sp³-hybridized carbons (Fsp3) is 0.615. The van der Waals surface area contributed by atoms with Crippen molar-refractivity contribution in [2.24, 2.45) is 11.8 Å². The Labute approximate surface area is 115 Å². The molecule has 1 aromatic rings. The first-order chi connectivity index (χ1) is 9.13. The molecule has 0 aliphatic heterocycles. The number of carboxylic acid groups (broad SMARTS) is 1. The SMILES string of the molecule is O=C(O)c1csc(C(=O)N(CC2CC2)CC2CC2)n1. The standard InChI is InChI=1S/C13H16N2O3S/c16-12(11-14-10(7-19-11)13(17)18)15(5-8-1-2-8)6-9-3-4-9/h7-9H,1-6H2,(H,17,18). The topological polar surface area (TPSA) is 70.5 Å². The molecule has 102 valence electrons. The highest BCUT2D eigenvalue weighted by atomic mass is 32.1. The van der Waals surface area contributed by atoms with E-state index in [0.717, 1.165) is 24.4 Å². The van der Waals surface area contributed by atoms with Crippen molar-refractivity contribution in [3.8, 4) is 0 Å². The summed E-state index contributed by atoms with van der Waals surface area (Å²) in [6.45, 7) is 1.61. The van der Waals surface area contributed by atoms with E-state index in [9.17, 15) is 9.59 Å². The molecule has 1 aromatic heterocycles. The van der Waals surface area contributed by atoms with E-state index in [1.54, 1.807) is 0 Å². The zero-order valence-corrected chi connectivity index (χ0v) is 11.4. The van der Waals surface area contributed by atoms with Crippen molar-refractivity contribution in [1.82, 2.24) is 9.88 Å². The molecule has 1 N–H and O–H groups in total. The number of hydrogen-bond donors (Lipinski definition) is 1. The maximum atomic E-state index is 12.4. The normalized spacial score (nSPS) is 18.3. The van der Waals surface area contributed by atoms with Crippen LogP contribution in [0.5, 0.6) is 0 Å². The molecule has 5 nitrogen and oxygen atoms in total. The Morgan fingerprint density at radius 3 is 2.26 bits per heavy atom. The van der Waals surface area contributed by atoms with Gasteiger partial charge in [-0.05, 0) is 37.5 Å². The highest BCUT2D eigenvalue weighted by Gasteiger charge is 2.32. The highest BCUT2D eigenvalue weighted by Crippen LogP contribution is 2.34. The molecular formula is C13H16N2O3S. The van der Waals surface area contributed by atoms with E-state index < -0.39 is 5.97 Å². The fourth-order valence-electron chi connectivity index (χ4n) is 2.07. The predicted octanol–water partition coefficient (Wildman–Crippen LogP) is 2.10. The Kier molecular flexibility index (Phi) is 3.26. The molecule has 2 saturated carbocycles. The molecular weight excluding hydrogens is 264 g/mol. The zero-order valence-electron chi connectivity index (χ0n) is 10.5. The van der Waals surface area contributed by atoms with Crippen LogP contribution in [0.15, 0.2) is 5.38 Å². The van der Waals surface area contributed by atoms with Crippen LogP contribution >= 0.6 is 11.3 Å². The van der Waals surface area contributed by atoms with Crippen LogP contribution in [0.25, 0.3) is 0 Å². The number of aromatic carboxylic acids is 1. The molecule has 2 aliphatic carbocycles. The molecule has 0 atom stereocenters. The highest BCUT2D eigenvalue weighted by molar-refractivity contribution is 7.11. The van der Waals surface area contributed by atoms with Gasteiger partial charge in [0.1, 0.15) is 0 Å². The van der Waals surface area contributed by atoms with E-state index in [2.05, 4.69) is 4.98 Å². The van der Waals surface area contributed by atoms with E-state index in [1.165, 1.54) is 31.1 Å². The Morgan fingerprint density at radius 1 is 1.26 bits per heavy atom. The number of carbonyl (C=O) groups is 2. The average Bonchev–Trinajstić information content (AvgIpc) is 3.29. The monoisotopic (exact) mass is 280 g/mol. The van der Waals surface area contributed by atoms with Gasteiger partial charge in [-0.25, -0.2) is 9.78 Å². The summed E-state index contributed by atoms with van der Waals surface area (Å²) in [4.78, 5) is 29.0. The second-order valence-electron chi connectivity index (χ2n) is 5.44. The lowest BCUT2D eigenvalue weighted by molar-refractivity contribution is 0.0691. The van der Waals surface area contributed by atoms with Crippen LogP contribution in [0.2, 0.25) is 0 Å². The molecule has 0 saturated heterocycles. The minimum absolute atomic E-state index is 0.0360. The van der Waals surface area contributed by atoms with Crippen LogP contribution in [0.4, 0.5) is 0 Å². The molecule has 0 aromatic carbocycles. The third-order valence-corrected chi connectivity index (χ3v) is 4.37. The van der Waals surface area contributed by atoms with Crippen molar-refractivity contribution < 1.29 is 14.7 Å². The lowest BCUT2D eigenvalue weighted by Crippen LogP contribution is -2.34. The third kappa shape index (κ3) is 3.12. The summed E-state index contributed by atoms with van der Waals surface area (Å²) in [5, 5.41) is 10.6. The summed E-state index contributed by atoms with van der Waals surface area (Å²) in [7, 11) is 0. The number of thiazole rings is 1. The summed E-state index contributed by atoms with van der Waals surface area (Å²) < 4.78 is 0. The largest absolute Gasteiger partial charge is 0.476 e. The van der Waals surface area contributed by atoms with Gasteiger partial charge in [-0.15, -0.1) is 11.3 Å². The van der Waals surface area contributed by atoms with Crippen LogP contribution < -0.4 is 0 Å². The number of aromatic nitrogens is 1. The van der Waals surface area contributed by atoms with Gasteiger partial charge in [-0.2, -0.15) is 0 Å². The van der Waals surface area contributed by atoms with Crippen molar-refractivity contribution in [2.75, 3.05) is 13.1 Å². The molecule has 19 heavy (non-hydrogen) atoms. The molecule has 0 radical (unpaired) electrons. The zero-order chi connectivity index (χ0) is 13.4. The molecule has 1 amide bonds. The lowest BCUT2D eigenvalue weighted by Gasteiger charge is -2.21. The number of nitrogens with zero attached hydrogens (tertiary/aromatic N) is 2. The predicted molar refractivity (Wildman–Crippen MR) is 70.4 cm³/mol. The third-order valence-electron chi connectivity index (χ3n) is 3.54. The van der Waals surface area contributed by atoms with E-state index in [0.29, 0.717) is 16.8 Å². The van der Waals surface area contributed by atoms with E-state index in [-0.39, 0.29) is 11.6 Å². The number of hydrogen-bond acceptors (Lipinski definition) is 4. The van der Waals surface area contributed by atoms with E-state index >= 15 is 0 Å². The van der Waals surface area contributed by atoms with E-state index in [4.69, 9.17) is 5.11 Å². The number of amides is 1. The van der Waals surface area contributed by atoms with Gasteiger partial charge in [0.25, 0.3) is 5.91 Å². The van der Waals surface area contributed by atoms with Crippen molar-refractivity contribution in [2.45, 2.75) is 25.7 Å². The molecule has 3 rings (SSSR count). The molecule has 6 heteroatoms. The van der Waals surface area contributed by atoms with Gasteiger partial charge in [0.2, 0.25) is 0 Å². The van der Waals surface area contributed by atoms with Gasteiger partial charge < -0.3 is 10.0 Å². The van der Waals surface area contributed by atoms with Crippen molar-refractivity contribution in [3.05, 3.63) is 16.1 Å². The molecule has 0 bridgehead atoms. The second-order valence-corrected chi connectivity index (χ2v) is 6.30. The van der Waals surface area contributed by atoms with Crippen LogP contribution in [-0.4, -0.2) is 40.0 Å². The van der Waals surface area contributed by atoms with Crippen molar-refractivity contribution in [1.29, 1.82) is 0 Å². The van der Waals surface area contributed by atoms with Gasteiger partial charge >= 0.3 is 5.97 Å². The minimum atomic E-state index is -1.08. The number of carbonyl (C=O) groups excluding carboxylic acids is 1. The second kappa shape index (κ2) is 4.92. The summed E-state index contributed by atoms with van der Waals surface area (Å²) >= 11 is 1.13. The quantitative estimate of drug-likeness (QED) is 0.866. The summed E-state index contributed by atoms with van der Waals surface area (Å²) in [6.07, 6.45) is 4.80. The Bertz CT molecular complexity index is 492. The Hall–Kier alpha value is -1.43. The molecule has 0 spiro atoms. The van der Waals surface area contributed by atoms with Gasteiger partial charge in [-0.1, -0.05) is 0 Å². The van der Waals surface area contributed by atoms with Crippen molar-refractivity contribution >= 4 is 23.2 Å². The molecule has 2 aliphatic rings. The number of rotatable bonds is 6. The van der Waals surface area contributed by atoms with Crippen molar-refractivity contribution in [3.63, 3.8) is 0 Å². The van der Waals surface area contributed by atoms with Crippen LogP contribution in [0.1, 0.15) is 46.0 Å². The maximum absolute atomic E-state index is 12.4. The van der Waals surface area contributed by atoms with E-state index in [1.807, 2.05) is 4.90 Å². The maximum Gasteiger partial charge on any atom is 0.355 e. The Balaban J connectivity index is 1.71. The Morgan fingerprint density at radius 2 is 1.84 bits per heavy atom. The molecule has 1 heterocycles. The number of carboxylic acids is 1. The first-order valence-electron chi connectivity index (χ1n) is 6.61. The van der Waals surface area contributed by atoms with Gasteiger partial charge in [-0.3, -0.25) is 4.79 Å². The van der Waals surface area contributed by atoms with Gasteiger partial charge in [0, 0.05) is 18.5 Å². The summed E-state index contributed by atoms with van der Waals surface area (Å²) in [5.41, 5.74) is -0.0360. The summed E-state index contributed by atoms with van der Waals surface area (Å²) in [5.74, 6) is 0.103. The van der Waals surface area contributed by atoms with Gasteiger partial charge in [0.15, 0.2) is 10.7 Å². The molecule has 2 fully saturated rings. The lowest BCUT2D eigenvalue weighted by atomic mass is 10.3. The first-order valence-corrected chi connectivity index (χ1v) is 7.49. The fourth-order valence-corrected chi connectivity index (χ4v) is 2.83. The average molecular weight is 280 g/mol. The van der Waals surface area contributed by atoms with Gasteiger partial charge in [0.05, 0.1) is 0 Å². The van der Waals surface area contributed by atoms with Crippen LogP contribution in [-0.2, 0) is 0 Å². The van der Waals surface area contributed by atoms with Crippen LogP contribution in [0, 0.1) is 11.8 Å². The summed E-state index contributed by atoms with van der Waals surface area (Å²) in [6, 6.07) is 0. The van der Waals surface area contributed by atoms with Crippen LogP contribution in [0.3, 0.4) is 0 Å². The smallest absolute Gasteiger partial charge is 0.355 e. The first kappa shape index (κ1) is 12.6.